The predicted octanol–water partition coefficient (Wildman–Crippen LogP) is 2.59. The van der Waals surface area contributed by atoms with Crippen LogP contribution in [0, 0.1) is 13.8 Å². The average molecular weight is 328 g/mol. The lowest BCUT2D eigenvalue weighted by Gasteiger charge is -2.36. The number of nitrogens with two attached hydrogens (primary N) is 1. The van der Waals surface area contributed by atoms with Gasteiger partial charge in [-0.3, -0.25) is 14.4 Å². The molecule has 0 aliphatic carbocycles. The van der Waals surface area contributed by atoms with Crippen LogP contribution in [0.25, 0.3) is 0 Å². The molecule has 1 unspecified atom stereocenters. The first kappa shape index (κ1) is 16.5. The van der Waals surface area contributed by atoms with E-state index in [1.54, 1.807) is 0 Å². The van der Waals surface area contributed by atoms with Crippen molar-refractivity contribution in [2.45, 2.75) is 39.0 Å². The van der Waals surface area contributed by atoms with Gasteiger partial charge in [-0.1, -0.05) is 30.3 Å². The standard InChI is InChI=1S/C18H24N4O2/c1-13-17(19)14(2)22(20-13)16-8-10-21(11-9-16)18(24-12-23)15-6-4-3-5-7-15/h3-7,12,16,18H,8-11,19H2,1-2H3. The van der Waals surface area contributed by atoms with Crippen LogP contribution < -0.4 is 5.73 Å². The number of aromatic nitrogens is 2. The molecule has 1 saturated heterocycles. The van der Waals surface area contributed by atoms with E-state index in [4.69, 9.17) is 10.5 Å². The third-order valence-corrected chi connectivity index (χ3v) is 4.83. The first-order chi connectivity index (χ1) is 11.6. The van der Waals surface area contributed by atoms with Crippen LogP contribution in [-0.4, -0.2) is 34.2 Å². The Morgan fingerprint density at radius 1 is 1.25 bits per heavy atom. The van der Waals surface area contributed by atoms with Crippen molar-refractivity contribution >= 4 is 12.2 Å². The molecule has 128 valence electrons. The zero-order valence-electron chi connectivity index (χ0n) is 14.2. The van der Waals surface area contributed by atoms with E-state index in [2.05, 4.69) is 14.7 Å². The molecular formula is C18H24N4O2. The summed E-state index contributed by atoms with van der Waals surface area (Å²) in [5.74, 6) is 0. The van der Waals surface area contributed by atoms with Crippen molar-refractivity contribution < 1.29 is 9.53 Å². The molecule has 0 spiro atoms. The molecule has 24 heavy (non-hydrogen) atoms. The Balaban J connectivity index is 1.71. The number of hydrogen-bond donors (Lipinski definition) is 1. The number of aryl methyl sites for hydroxylation is 1. The molecule has 0 amide bonds. The highest BCUT2D eigenvalue weighted by Crippen LogP contribution is 2.31. The largest absolute Gasteiger partial charge is 0.444 e. The van der Waals surface area contributed by atoms with Crippen molar-refractivity contribution in [3.63, 3.8) is 0 Å². The van der Waals surface area contributed by atoms with E-state index in [9.17, 15) is 4.79 Å². The Bertz CT molecular complexity index is 691. The minimum absolute atomic E-state index is 0.324. The summed E-state index contributed by atoms with van der Waals surface area (Å²) in [5.41, 5.74) is 9.75. The van der Waals surface area contributed by atoms with Gasteiger partial charge in [-0.25, -0.2) is 0 Å². The molecule has 1 aliphatic rings. The molecule has 3 rings (SSSR count). The van der Waals surface area contributed by atoms with Crippen molar-refractivity contribution in [3.8, 4) is 0 Å². The number of carbonyl (C=O) groups excluding carboxylic acids is 1. The molecule has 0 radical (unpaired) electrons. The average Bonchev–Trinajstić information content (AvgIpc) is 2.88. The Morgan fingerprint density at radius 3 is 2.46 bits per heavy atom. The smallest absolute Gasteiger partial charge is 0.294 e. The Labute approximate surface area is 142 Å². The predicted molar refractivity (Wildman–Crippen MR) is 92.3 cm³/mol. The summed E-state index contributed by atoms with van der Waals surface area (Å²) < 4.78 is 7.41. The van der Waals surface area contributed by atoms with E-state index in [0.29, 0.717) is 12.5 Å². The van der Waals surface area contributed by atoms with Gasteiger partial charge in [0.05, 0.1) is 23.1 Å². The molecule has 2 heterocycles. The minimum atomic E-state index is -0.324. The lowest BCUT2D eigenvalue weighted by atomic mass is 10.0. The van der Waals surface area contributed by atoms with E-state index in [0.717, 1.165) is 48.6 Å². The summed E-state index contributed by atoms with van der Waals surface area (Å²) in [6, 6.07) is 10.2. The molecule has 2 N–H and O–H groups in total. The third kappa shape index (κ3) is 3.14. The van der Waals surface area contributed by atoms with Crippen LogP contribution in [-0.2, 0) is 9.53 Å². The summed E-state index contributed by atoms with van der Waals surface area (Å²) in [6.07, 6.45) is 1.58. The Morgan fingerprint density at radius 2 is 1.92 bits per heavy atom. The summed E-state index contributed by atoms with van der Waals surface area (Å²) in [7, 11) is 0. The lowest BCUT2D eigenvalue weighted by molar-refractivity contribution is -0.146. The number of nitrogens with zero attached hydrogens (tertiary/aromatic N) is 3. The van der Waals surface area contributed by atoms with Crippen molar-refractivity contribution in [2.24, 2.45) is 0 Å². The van der Waals surface area contributed by atoms with Gasteiger partial charge in [-0.05, 0) is 26.7 Å². The van der Waals surface area contributed by atoms with Gasteiger partial charge in [0, 0.05) is 18.7 Å². The number of anilines is 1. The van der Waals surface area contributed by atoms with Gasteiger partial charge in [-0.2, -0.15) is 5.10 Å². The van der Waals surface area contributed by atoms with Gasteiger partial charge >= 0.3 is 0 Å². The van der Waals surface area contributed by atoms with Gasteiger partial charge in [0.25, 0.3) is 6.47 Å². The van der Waals surface area contributed by atoms with Crippen LogP contribution in [0.2, 0.25) is 0 Å². The zero-order valence-corrected chi connectivity index (χ0v) is 14.2. The van der Waals surface area contributed by atoms with Gasteiger partial charge < -0.3 is 10.5 Å². The topological polar surface area (TPSA) is 73.4 Å². The molecule has 6 nitrogen and oxygen atoms in total. The quantitative estimate of drug-likeness (QED) is 0.854. The molecule has 0 saturated carbocycles. The van der Waals surface area contributed by atoms with Crippen LogP contribution in [0.3, 0.4) is 0 Å². The van der Waals surface area contributed by atoms with Crippen LogP contribution in [0.5, 0.6) is 0 Å². The molecular weight excluding hydrogens is 304 g/mol. The summed E-state index contributed by atoms with van der Waals surface area (Å²) in [5, 5.41) is 4.58. The Kier molecular flexibility index (Phi) is 4.85. The minimum Gasteiger partial charge on any atom is -0.444 e. The normalized spacial score (nSPS) is 17.6. The summed E-state index contributed by atoms with van der Waals surface area (Å²) >= 11 is 0. The molecule has 1 fully saturated rings. The maximum atomic E-state index is 10.9. The van der Waals surface area contributed by atoms with Crippen molar-refractivity contribution in [1.82, 2.24) is 14.7 Å². The molecule has 1 atom stereocenters. The maximum absolute atomic E-state index is 10.9. The van der Waals surface area contributed by atoms with E-state index in [-0.39, 0.29) is 6.23 Å². The molecule has 1 aromatic carbocycles. The number of piperidine rings is 1. The number of carbonyl (C=O) groups is 1. The molecule has 6 heteroatoms. The van der Waals surface area contributed by atoms with Gasteiger partial charge in [0.1, 0.15) is 0 Å². The fraction of sp³-hybridized carbons (Fsp3) is 0.444. The molecule has 2 aromatic rings. The fourth-order valence-corrected chi connectivity index (χ4v) is 3.44. The van der Waals surface area contributed by atoms with Crippen molar-refractivity contribution in [2.75, 3.05) is 18.8 Å². The zero-order chi connectivity index (χ0) is 17.1. The highest BCUT2D eigenvalue weighted by molar-refractivity contribution is 5.47. The second kappa shape index (κ2) is 7.05. The second-order valence-corrected chi connectivity index (χ2v) is 6.29. The molecule has 1 aromatic heterocycles. The number of ether oxygens (including phenoxy) is 1. The lowest BCUT2D eigenvalue weighted by Crippen LogP contribution is -2.38. The van der Waals surface area contributed by atoms with Crippen LogP contribution in [0.4, 0.5) is 5.69 Å². The van der Waals surface area contributed by atoms with Gasteiger partial charge in [-0.15, -0.1) is 0 Å². The monoisotopic (exact) mass is 328 g/mol. The first-order valence-electron chi connectivity index (χ1n) is 8.31. The van der Waals surface area contributed by atoms with E-state index >= 15 is 0 Å². The number of benzene rings is 1. The van der Waals surface area contributed by atoms with Crippen LogP contribution in [0.1, 0.15) is 42.1 Å². The highest BCUT2D eigenvalue weighted by atomic mass is 16.5. The third-order valence-electron chi connectivity index (χ3n) is 4.83. The van der Waals surface area contributed by atoms with E-state index < -0.39 is 0 Å². The number of rotatable bonds is 5. The maximum Gasteiger partial charge on any atom is 0.294 e. The van der Waals surface area contributed by atoms with Crippen LogP contribution >= 0.6 is 0 Å². The van der Waals surface area contributed by atoms with Gasteiger partial charge in [0.2, 0.25) is 0 Å². The Hall–Kier alpha value is -2.34. The van der Waals surface area contributed by atoms with Crippen molar-refractivity contribution in [1.29, 1.82) is 0 Å². The molecule has 1 aliphatic heterocycles. The van der Waals surface area contributed by atoms with Crippen LogP contribution in [0.15, 0.2) is 30.3 Å². The second-order valence-electron chi connectivity index (χ2n) is 6.29. The fourth-order valence-electron chi connectivity index (χ4n) is 3.44. The highest BCUT2D eigenvalue weighted by Gasteiger charge is 2.29. The number of hydrogen-bond acceptors (Lipinski definition) is 5. The summed E-state index contributed by atoms with van der Waals surface area (Å²) in [6.45, 7) is 6.18. The SMILES string of the molecule is Cc1nn(C2CCN(C(OC=O)c3ccccc3)CC2)c(C)c1N. The number of nitrogen functional groups attached to an aromatic ring is 1. The molecule has 0 bridgehead atoms. The first-order valence-corrected chi connectivity index (χ1v) is 8.31. The van der Waals surface area contributed by atoms with E-state index in [1.807, 2.05) is 44.2 Å². The van der Waals surface area contributed by atoms with Gasteiger partial charge in [0.15, 0.2) is 6.23 Å². The van der Waals surface area contributed by atoms with E-state index in [1.165, 1.54) is 0 Å². The number of likely N-dealkylation sites (tertiary alicyclic amines) is 1. The van der Waals surface area contributed by atoms with Crippen molar-refractivity contribution in [3.05, 3.63) is 47.3 Å². The summed E-state index contributed by atoms with van der Waals surface area (Å²) in [4.78, 5) is 13.1.